The van der Waals surface area contributed by atoms with Crippen molar-refractivity contribution < 1.29 is 14.6 Å². The SMILES string of the molecule is C[C@@H]1C[C@H](N2CCN(C[C@@H](O)c3ccccc3)[C@H](C)C2)C(=O)O1. The van der Waals surface area contributed by atoms with Crippen molar-refractivity contribution in [2.75, 3.05) is 26.2 Å². The zero-order valence-electron chi connectivity index (χ0n) is 13.9. The van der Waals surface area contributed by atoms with Crippen LogP contribution in [0, 0.1) is 0 Å². The number of rotatable bonds is 4. The summed E-state index contributed by atoms with van der Waals surface area (Å²) in [6.45, 7) is 7.29. The second-order valence-corrected chi connectivity index (χ2v) is 6.76. The number of carbonyl (C=O) groups excluding carboxylic acids is 1. The predicted molar refractivity (Wildman–Crippen MR) is 88.0 cm³/mol. The summed E-state index contributed by atoms with van der Waals surface area (Å²) in [6.07, 6.45) is 0.348. The maximum absolute atomic E-state index is 11.9. The number of piperazine rings is 1. The second-order valence-electron chi connectivity index (χ2n) is 6.76. The number of carbonyl (C=O) groups is 1. The molecule has 1 N–H and O–H groups in total. The molecule has 0 unspecified atom stereocenters. The number of esters is 1. The Morgan fingerprint density at radius 3 is 2.61 bits per heavy atom. The van der Waals surface area contributed by atoms with Gasteiger partial charge in [0.25, 0.3) is 0 Å². The van der Waals surface area contributed by atoms with Crippen molar-refractivity contribution in [3.8, 4) is 0 Å². The maximum atomic E-state index is 11.9. The van der Waals surface area contributed by atoms with Gasteiger partial charge in [0.1, 0.15) is 12.1 Å². The molecule has 3 rings (SSSR count). The van der Waals surface area contributed by atoms with Crippen LogP contribution in [0.2, 0.25) is 0 Å². The Hall–Kier alpha value is -1.43. The van der Waals surface area contributed by atoms with Crippen LogP contribution in [0.1, 0.15) is 31.9 Å². The molecule has 5 heteroatoms. The lowest BCUT2D eigenvalue weighted by molar-refractivity contribution is -0.145. The van der Waals surface area contributed by atoms with Gasteiger partial charge in [-0.1, -0.05) is 30.3 Å². The van der Waals surface area contributed by atoms with Crippen LogP contribution < -0.4 is 0 Å². The first-order valence-corrected chi connectivity index (χ1v) is 8.46. The summed E-state index contributed by atoms with van der Waals surface area (Å²) in [5, 5.41) is 10.4. The van der Waals surface area contributed by atoms with Gasteiger partial charge < -0.3 is 9.84 Å². The first kappa shape index (κ1) is 16.4. The molecule has 1 aromatic rings. The van der Waals surface area contributed by atoms with E-state index in [4.69, 9.17) is 4.74 Å². The zero-order valence-corrected chi connectivity index (χ0v) is 13.9. The largest absolute Gasteiger partial charge is 0.461 e. The molecule has 0 aliphatic carbocycles. The first-order valence-electron chi connectivity index (χ1n) is 8.46. The van der Waals surface area contributed by atoms with Gasteiger partial charge in [-0.15, -0.1) is 0 Å². The Labute approximate surface area is 137 Å². The van der Waals surface area contributed by atoms with Crippen molar-refractivity contribution in [3.05, 3.63) is 35.9 Å². The van der Waals surface area contributed by atoms with Gasteiger partial charge in [-0.3, -0.25) is 14.6 Å². The zero-order chi connectivity index (χ0) is 16.4. The van der Waals surface area contributed by atoms with Crippen LogP contribution in [-0.2, 0) is 9.53 Å². The lowest BCUT2D eigenvalue weighted by atomic mass is 10.1. The van der Waals surface area contributed by atoms with E-state index in [1.165, 1.54) is 0 Å². The van der Waals surface area contributed by atoms with Gasteiger partial charge in [0.2, 0.25) is 0 Å². The number of hydrogen-bond acceptors (Lipinski definition) is 5. The summed E-state index contributed by atoms with van der Waals surface area (Å²) in [5.74, 6) is -0.0810. The number of cyclic esters (lactones) is 1. The monoisotopic (exact) mass is 318 g/mol. The molecule has 1 aromatic carbocycles. The van der Waals surface area contributed by atoms with Crippen molar-refractivity contribution in [3.63, 3.8) is 0 Å². The molecule has 0 aromatic heterocycles. The number of nitrogens with zero attached hydrogens (tertiary/aromatic N) is 2. The third-order valence-corrected chi connectivity index (χ3v) is 4.97. The van der Waals surface area contributed by atoms with Crippen LogP contribution in [-0.4, -0.2) is 65.2 Å². The summed E-state index contributed by atoms with van der Waals surface area (Å²) in [5.41, 5.74) is 0.954. The van der Waals surface area contributed by atoms with E-state index in [1.807, 2.05) is 37.3 Å². The number of ether oxygens (including phenoxy) is 1. The van der Waals surface area contributed by atoms with Gasteiger partial charge >= 0.3 is 5.97 Å². The van der Waals surface area contributed by atoms with Crippen LogP contribution in [0.5, 0.6) is 0 Å². The molecule has 126 valence electrons. The number of hydrogen-bond donors (Lipinski definition) is 1. The number of benzene rings is 1. The van der Waals surface area contributed by atoms with Crippen molar-refractivity contribution >= 4 is 5.97 Å². The van der Waals surface area contributed by atoms with Gasteiger partial charge in [-0.25, -0.2) is 0 Å². The highest BCUT2D eigenvalue weighted by Crippen LogP contribution is 2.24. The molecule has 4 atom stereocenters. The van der Waals surface area contributed by atoms with Gasteiger partial charge in [0, 0.05) is 38.6 Å². The Kier molecular flexibility index (Phi) is 4.99. The minimum absolute atomic E-state index is 0.0285. The molecule has 2 heterocycles. The van der Waals surface area contributed by atoms with E-state index in [-0.39, 0.29) is 18.1 Å². The van der Waals surface area contributed by atoms with Crippen molar-refractivity contribution in [2.24, 2.45) is 0 Å². The van der Waals surface area contributed by atoms with Gasteiger partial charge in [-0.2, -0.15) is 0 Å². The fourth-order valence-electron chi connectivity index (χ4n) is 3.61. The van der Waals surface area contributed by atoms with E-state index in [1.54, 1.807) is 0 Å². The summed E-state index contributed by atoms with van der Waals surface area (Å²) < 4.78 is 5.28. The molecule has 5 nitrogen and oxygen atoms in total. The van der Waals surface area contributed by atoms with Crippen LogP contribution in [0.3, 0.4) is 0 Å². The molecule has 2 aliphatic heterocycles. The topological polar surface area (TPSA) is 53.0 Å². The first-order chi connectivity index (χ1) is 11.0. The molecule has 0 spiro atoms. The Bertz CT molecular complexity index is 536. The highest BCUT2D eigenvalue weighted by molar-refractivity contribution is 5.78. The standard InChI is InChI=1S/C18H26N2O3/c1-13-11-20(16-10-14(2)23-18(16)22)9-8-19(13)12-17(21)15-6-4-3-5-7-15/h3-7,13-14,16-17,21H,8-12H2,1-2H3/t13-,14-,16+,17-/m1/s1. The average Bonchev–Trinajstić information content (AvgIpc) is 2.88. The maximum Gasteiger partial charge on any atom is 0.323 e. The highest BCUT2D eigenvalue weighted by atomic mass is 16.6. The summed E-state index contributed by atoms with van der Waals surface area (Å²) >= 11 is 0. The Morgan fingerprint density at radius 2 is 2.00 bits per heavy atom. The Balaban J connectivity index is 1.56. The van der Waals surface area contributed by atoms with Crippen molar-refractivity contribution in [1.29, 1.82) is 0 Å². The van der Waals surface area contributed by atoms with E-state index >= 15 is 0 Å². The van der Waals surface area contributed by atoms with E-state index in [0.717, 1.165) is 31.6 Å². The molecule has 2 saturated heterocycles. The van der Waals surface area contributed by atoms with E-state index in [2.05, 4.69) is 16.7 Å². The summed E-state index contributed by atoms with van der Waals surface area (Å²) in [6, 6.07) is 10.0. The molecule has 0 radical (unpaired) electrons. The van der Waals surface area contributed by atoms with E-state index < -0.39 is 6.10 Å². The predicted octanol–water partition coefficient (Wildman–Crippen LogP) is 1.43. The third kappa shape index (κ3) is 3.74. The summed E-state index contributed by atoms with van der Waals surface area (Å²) in [4.78, 5) is 16.5. The quantitative estimate of drug-likeness (QED) is 0.851. The minimum Gasteiger partial charge on any atom is -0.461 e. The lowest BCUT2D eigenvalue weighted by Crippen LogP contribution is -2.56. The highest BCUT2D eigenvalue weighted by Gasteiger charge is 2.39. The molecule has 0 saturated carbocycles. The van der Waals surface area contributed by atoms with Crippen LogP contribution in [0.4, 0.5) is 0 Å². The van der Waals surface area contributed by atoms with Crippen LogP contribution in [0.25, 0.3) is 0 Å². The second kappa shape index (κ2) is 6.99. The normalized spacial score (nSPS) is 31.1. The van der Waals surface area contributed by atoms with Crippen molar-refractivity contribution in [2.45, 2.75) is 44.6 Å². The van der Waals surface area contributed by atoms with Crippen LogP contribution >= 0.6 is 0 Å². The van der Waals surface area contributed by atoms with Gasteiger partial charge in [-0.05, 0) is 19.4 Å². The molecule has 0 amide bonds. The summed E-state index contributed by atoms with van der Waals surface area (Å²) in [7, 11) is 0. The molecule has 23 heavy (non-hydrogen) atoms. The van der Waals surface area contributed by atoms with Gasteiger partial charge in [0.05, 0.1) is 6.10 Å². The number of aliphatic hydroxyl groups is 1. The molecular formula is C18H26N2O3. The number of aliphatic hydroxyl groups excluding tert-OH is 1. The van der Waals surface area contributed by atoms with E-state index in [9.17, 15) is 9.90 Å². The van der Waals surface area contributed by atoms with Crippen LogP contribution in [0.15, 0.2) is 30.3 Å². The minimum atomic E-state index is -0.471. The Morgan fingerprint density at radius 1 is 1.26 bits per heavy atom. The van der Waals surface area contributed by atoms with E-state index in [0.29, 0.717) is 12.6 Å². The fourth-order valence-corrected chi connectivity index (χ4v) is 3.61. The molecule has 0 bridgehead atoms. The smallest absolute Gasteiger partial charge is 0.323 e. The van der Waals surface area contributed by atoms with Gasteiger partial charge in [0.15, 0.2) is 0 Å². The van der Waals surface area contributed by atoms with Crippen molar-refractivity contribution in [1.82, 2.24) is 9.80 Å². The molecule has 2 fully saturated rings. The average molecular weight is 318 g/mol. The fraction of sp³-hybridized carbons (Fsp3) is 0.611. The number of β-amino-alcohol motifs (C(OH)–C–C–N with tert-alkyl or cyclic N) is 1. The molecular weight excluding hydrogens is 292 g/mol. The third-order valence-electron chi connectivity index (χ3n) is 4.97. The molecule has 2 aliphatic rings. The lowest BCUT2D eigenvalue weighted by Gasteiger charge is -2.42.